The van der Waals surface area contributed by atoms with Crippen LogP contribution in [0, 0.1) is 0 Å². The molecule has 1 aliphatic heterocycles. The topological polar surface area (TPSA) is 60.1 Å². The summed E-state index contributed by atoms with van der Waals surface area (Å²) in [6.07, 6.45) is 4.01. The molecule has 1 heterocycles. The number of hydrogen-bond acceptors (Lipinski definition) is 5. The maximum atomic E-state index is 4.80. The Morgan fingerprint density at radius 3 is 1.33 bits per heavy atom. The van der Waals surface area contributed by atoms with Crippen LogP contribution in [0.1, 0.15) is 19.3 Å². The van der Waals surface area contributed by atoms with Gasteiger partial charge >= 0.3 is 33.3 Å². The Labute approximate surface area is 143 Å². The first kappa shape index (κ1) is 19.9. The molecule has 2 atom stereocenters. The fourth-order valence-electron chi connectivity index (χ4n) is 2.87. The molecule has 0 aromatic rings. The van der Waals surface area contributed by atoms with E-state index in [1.165, 1.54) is 19.3 Å². The molecular weight excluding hydrogens is 352 g/mol. The molecular formula is C13H29Cl2MnN5. The number of nitrogens with one attached hydrogen (secondary N) is 5. The SMILES string of the molecule is C1C[C@H]2NCCNCCNCCNCCN[C@@H]2C1.[Cl][Mn][Cl]. The average molecular weight is 381 g/mol. The first-order valence-corrected chi connectivity index (χ1v) is 11.1. The summed E-state index contributed by atoms with van der Waals surface area (Å²) in [5.41, 5.74) is 0. The predicted molar refractivity (Wildman–Crippen MR) is 87.7 cm³/mol. The monoisotopic (exact) mass is 380 g/mol. The van der Waals surface area contributed by atoms with Gasteiger partial charge in [-0.15, -0.1) is 0 Å². The summed E-state index contributed by atoms with van der Waals surface area (Å²) >= 11 is 0.00694. The van der Waals surface area contributed by atoms with Crippen LogP contribution in [-0.4, -0.2) is 64.4 Å². The van der Waals surface area contributed by atoms with Gasteiger partial charge in [0.05, 0.1) is 0 Å². The number of halogens is 2. The van der Waals surface area contributed by atoms with Gasteiger partial charge in [-0.1, -0.05) is 6.42 Å². The summed E-state index contributed by atoms with van der Waals surface area (Å²) in [6, 6.07) is 1.35. The molecule has 2 fully saturated rings. The molecule has 0 aromatic carbocycles. The molecule has 5 nitrogen and oxygen atoms in total. The fraction of sp³-hybridized carbons (Fsp3) is 1.00. The zero-order chi connectivity index (χ0) is 15.2. The van der Waals surface area contributed by atoms with Crippen molar-refractivity contribution in [1.29, 1.82) is 0 Å². The molecule has 127 valence electrons. The van der Waals surface area contributed by atoms with Gasteiger partial charge in [-0.25, -0.2) is 0 Å². The summed E-state index contributed by atoms with van der Waals surface area (Å²) < 4.78 is 0. The van der Waals surface area contributed by atoms with E-state index in [1.54, 1.807) is 0 Å². The average Bonchev–Trinajstić information content (AvgIpc) is 2.91. The quantitative estimate of drug-likeness (QED) is 0.390. The molecule has 1 saturated carbocycles. The van der Waals surface area contributed by atoms with Crippen LogP contribution in [0.5, 0.6) is 0 Å². The second-order valence-electron chi connectivity index (χ2n) is 5.36. The Morgan fingerprint density at radius 2 is 0.952 bits per heavy atom. The van der Waals surface area contributed by atoms with E-state index in [4.69, 9.17) is 20.2 Å². The second kappa shape index (κ2) is 14.5. The predicted octanol–water partition coefficient (Wildman–Crippen LogP) is 0.246. The Morgan fingerprint density at radius 1 is 0.619 bits per heavy atom. The molecule has 0 spiro atoms. The first-order valence-electron chi connectivity index (χ1n) is 7.84. The summed E-state index contributed by atoms with van der Waals surface area (Å²) in [5.74, 6) is 0. The van der Waals surface area contributed by atoms with Gasteiger partial charge in [0, 0.05) is 64.4 Å². The maximum absolute atomic E-state index is 4.80. The molecule has 1 aliphatic carbocycles. The molecule has 21 heavy (non-hydrogen) atoms. The number of fused-ring (bicyclic) bond motifs is 1. The van der Waals surface area contributed by atoms with Crippen molar-refractivity contribution in [2.75, 3.05) is 52.4 Å². The van der Waals surface area contributed by atoms with E-state index in [2.05, 4.69) is 26.6 Å². The van der Waals surface area contributed by atoms with E-state index in [0.717, 1.165) is 52.4 Å². The van der Waals surface area contributed by atoms with Crippen LogP contribution < -0.4 is 26.6 Å². The van der Waals surface area contributed by atoms with Crippen molar-refractivity contribution in [2.45, 2.75) is 31.3 Å². The third kappa shape index (κ3) is 10.3. The summed E-state index contributed by atoms with van der Waals surface area (Å²) in [6.45, 7) is 8.56. The second-order valence-corrected chi connectivity index (χ2v) is 7.31. The summed E-state index contributed by atoms with van der Waals surface area (Å²) in [5, 5.41) is 17.7. The van der Waals surface area contributed by atoms with Crippen LogP contribution in [0.2, 0.25) is 0 Å². The van der Waals surface area contributed by atoms with Crippen molar-refractivity contribution in [3.05, 3.63) is 0 Å². The molecule has 2 rings (SSSR count). The normalized spacial score (nSPS) is 29.4. The molecule has 8 heteroatoms. The summed E-state index contributed by atoms with van der Waals surface area (Å²) in [4.78, 5) is 0. The van der Waals surface area contributed by atoms with E-state index in [1.807, 2.05) is 0 Å². The summed E-state index contributed by atoms with van der Waals surface area (Å²) in [7, 11) is 9.59. The van der Waals surface area contributed by atoms with Gasteiger partial charge in [-0.2, -0.15) is 0 Å². The van der Waals surface area contributed by atoms with Crippen molar-refractivity contribution >= 4 is 20.2 Å². The van der Waals surface area contributed by atoms with Gasteiger partial charge in [0.2, 0.25) is 0 Å². The van der Waals surface area contributed by atoms with E-state index in [0.29, 0.717) is 12.1 Å². The van der Waals surface area contributed by atoms with E-state index in [9.17, 15) is 0 Å². The molecule has 0 unspecified atom stereocenters. The van der Waals surface area contributed by atoms with Crippen LogP contribution in [-0.2, 0) is 13.1 Å². The molecule has 0 bridgehead atoms. The van der Waals surface area contributed by atoms with Gasteiger partial charge in [0.1, 0.15) is 0 Å². The van der Waals surface area contributed by atoms with Crippen molar-refractivity contribution in [1.82, 2.24) is 26.6 Å². The molecule has 5 N–H and O–H groups in total. The van der Waals surface area contributed by atoms with Crippen molar-refractivity contribution in [2.24, 2.45) is 0 Å². The van der Waals surface area contributed by atoms with Gasteiger partial charge in [0.25, 0.3) is 0 Å². The molecule has 0 amide bonds. The van der Waals surface area contributed by atoms with E-state index < -0.39 is 0 Å². The van der Waals surface area contributed by atoms with Gasteiger partial charge < -0.3 is 26.6 Å². The standard InChI is InChI=1S/C13H29N5.2ClH.Mn/c1-2-12-13(3-1)18-11-9-16-7-5-14-4-6-15-8-10-17-12;;;/h12-18H,1-11H2;2*1H;/q;;;+2/p-2/t12-,13-;;;/m1.../s1. The third-order valence-electron chi connectivity index (χ3n) is 3.89. The Balaban J connectivity index is 0.000000677. The van der Waals surface area contributed by atoms with Crippen molar-refractivity contribution in [3.8, 4) is 0 Å². The van der Waals surface area contributed by atoms with Crippen LogP contribution in [0.25, 0.3) is 0 Å². The Kier molecular flexibility index (Phi) is 13.8. The zero-order valence-corrected chi connectivity index (χ0v) is 15.3. The first-order chi connectivity index (χ1) is 10.4. The molecule has 0 radical (unpaired) electrons. The van der Waals surface area contributed by atoms with Crippen LogP contribution in [0.4, 0.5) is 0 Å². The van der Waals surface area contributed by atoms with Gasteiger partial charge in [0.15, 0.2) is 0 Å². The third-order valence-corrected chi connectivity index (χ3v) is 3.89. The molecule has 0 aromatic heterocycles. The van der Waals surface area contributed by atoms with Crippen LogP contribution in [0.15, 0.2) is 0 Å². The van der Waals surface area contributed by atoms with E-state index in [-0.39, 0.29) is 13.1 Å². The minimum absolute atomic E-state index is 0.00694. The minimum atomic E-state index is 0.00694. The Hall–Kier alpha value is 0.899. The van der Waals surface area contributed by atoms with Crippen LogP contribution >= 0.6 is 20.2 Å². The zero-order valence-electron chi connectivity index (χ0n) is 12.6. The number of rotatable bonds is 0. The molecule has 1 saturated heterocycles. The Bertz CT molecular complexity index is 219. The van der Waals surface area contributed by atoms with E-state index >= 15 is 0 Å². The van der Waals surface area contributed by atoms with Crippen molar-refractivity contribution in [3.63, 3.8) is 0 Å². The van der Waals surface area contributed by atoms with Crippen molar-refractivity contribution < 1.29 is 13.1 Å². The molecule has 2 aliphatic rings. The fourth-order valence-corrected chi connectivity index (χ4v) is 2.87. The van der Waals surface area contributed by atoms with Crippen LogP contribution in [0.3, 0.4) is 0 Å². The van der Waals surface area contributed by atoms with Gasteiger partial charge in [-0.3, -0.25) is 0 Å². The van der Waals surface area contributed by atoms with Gasteiger partial charge in [-0.05, 0) is 12.8 Å². The number of hydrogen-bond donors (Lipinski definition) is 5.